The lowest BCUT2D eigenvalue weighted by atomic mass is 9.43. The van der Waals surface area contributed by atoms with Crippen molar-refractivity contribution in [1.82, 2.24) is 0 Å². The van der Waals surface area contributed by atoms with Gasteiger partial charge in [0.25, 0.3) is 0 Å². The maximum atomic E-state index is 13.6. The zero-order valence-corrected chi connectivity index (χ0v) is 16.1. The fourth-order valence-electron chi connectivity index (χ4n) is 8.48. The summed E-state index contributed by atoms with van der Waals surface area (Å²) in [4.78, 5) is 12.6. The van der Waals surface area contributed by atoms with Crippen LogP contribution in [0.3, 0.4) is 0 Å². The highest BCUT2D eigenvalue weighted by atomic mass is 19.1. The lowest BCUT2D eigenvalue weighted by Crippen LogP contribution is -2.58. The molecule has 1 spiro atoms. The summed E-state index contributed by atoms with van der Waals surface area (Å²) in [6.45, 7) is 6.17. The van der Waals surface area contributed by atoms with Gasteiger partial charge in [0.15, 0.2) is 0 Å². The Hall–Kier alpha value is -0.640. The molecular formula is C21H33FO3. The van der Waals surface area contributed by atoms with Gasteiger partial charge in [-0.2, -0.15) is 0 Å². The normalized spacial score (nSPS) is 57.0. The van der Waals surface area contributed by atoms with Gasteiger partial charge >= 0.3 is 5.97 Å². The van der Waals surface area contributed by atoms with Crippen molar-refractivity contribution in [2.24, 2.45) is 39.9 Å². The van der Waals surface area contributed by atoms with Crippen LogP contribution in [-0.2, 0) is 9.53 Å². The van der Waals surface area contributed by atoms with Crippen molar-refractivity contribution in [2.45, 2.75) is 71.3 Å². The molecule has 3 nitrogen and oxygen atoms in total. The SMILES string of the molecule is COC(=O)[C@]1(C)CCC[C@@]2(C)C3CC[C@H](CF)[C@@]4(O)C(C)[C@]34CC[C@H]12. The van der Waals surface area contributed by atoms with Crippen molar-refractivity contribution in [3.05, 3.63) is 0 Å². The van der Waals surface area contributed by atoms with E-state index in [9.17, 15) is 14.3 Å². The van der Waals surface area contributed by atoms with Crippen LogP contribution in [0.25, 0.3) is 0 Å². The van der Waals surface area contributed by atoms with Crippen LogP contribution in [0.2, 0.25) is 0 Å². The minimum absolute atomic E-state index is 0.0411. The molecule has 0 bridgehead atoms. The minimum atomic E-state index is -0.822. The Morgan fingerprint density at radius 1 is 1.16 bits per heavy atom. The van der Waals surface area contributed by atoms with E-state index in [1.54, 1.807) is 0 Å². The maximum Gasteiger partial charge on any atom is 0.311 e. The number of esters is 1. The van der Waals surface area contributed by atoms with Gasteiger partial charge < -0.3 is 9.84 Å². The molecule has 0 amide bonds. The predicted molar refractivity (Wildman–Crippen MR) is 93.5 cm³/mol. The lowest BCUT2D eigenvalue weighted by molar-refractivity contribution is -0.185. The summed E-state index contributed by atoms with van der Waals surface area (Å²) in [7, 11) is 1.50. The smallest absolute Gasteiger partial charge is 0.311 e. The molecule has 142 valence electrons. The van der Waals surface area contributed by atoms with Gasteiger partial charge in [-0.25, -0.2) is 0 Å². The number of alkyl halides is 1. The van der Waals surface area contributed by atoms with Gasteiger partial charge in [-0.05, 0) is 68.6 Å². The zero-order chi connectivity index (χ0) is 18.3. The topological polar surface area (TPSA) is 46.5 Å². The number of methoxy groups -OCH3 is 1. The number of carbonyl (C=O) groups is 1. The van der Waals surface area contributed by atoms with Crippen LogP contribution in [0, 0.1) is 39.9 Å². The summed E-state index contributed by atoms with van der Waals surface area (Å²) in [6, 6.07) is 0. The highest BCUT2D eigenvalue weighted by Gasteiger charge is 2.83. The molecule has 0 aromatic rings. The summed E-state index contributed by atoms with van der Waals surface area (Å²) in [5.74, 6) is 0.601. The third-order valence-electron chi connectivity index (χ3n) is 9.60. The van der Waals surface area contributed by atoms with Crippen molar-refractivity contribution >= 4 is 5.97 Å². The van der Waals surface area contributed by atoms with E-state index in [4.69, 9.17) is 4.74 Å². The number of carbonyl (C=O) groups excluding carboxylic acids is 1. The van der Waals surface area contributed by atoms with E-state index in [0.29, 0.717) is 11.8 Å². The van der Waals surface area contributed by atoms with Gasteiger partial charge in [0.2, 0.25) is 0 Å². The number of hydrogen-bond acceptors (Lipinski definition) is 3. The van der Waals surface area contributed by atoms with E-state index in [1.807, 2.05) is 0 Å². The number of halogens is 1. The third kappa shape index (κ3) is 1.78. The first-order chi connectivity index (χ1) is 11.7. The molecule has 4 rings (SSSR count). The average Bonchev–Trinajstić information content (AvgIpc) is 3.08. The van der Waals surface area contributed by atoms with Gasteiger partial charge in [-0.3, -0.25) is 9.18 Å². The van der Waals surface area contributed by atoms with E-state index >= 15 is 0 Å². The van der Waals surface area contributed by atoms with E-state index in [0.717, 1.165) is 44.9 Å². The van der Waals surface area contributed by atoms with Crippen LogP contribution in [0.15, 0.2) is 0 Å². The van der Waals surface area contributed by atoms with Crippen LogP contribution in [0.5, 0.6) is 0 Å². The first kappa shape index (κ1) is 17.8. The molecule has 0 aromatic carbocycles. The zero-order valence-electron chi connectivity index (χ0n) is 16.1. The molecule has 8 atom stereocenters. The van der Waals surface area contributed by atoms with Crippen molar-refractivity contribution in [3.8, 4) is 0 Å². The van der Waals surface area contributed by atoms with Crippen LogP contribution in [0.1, 0.15) is 65.7 Å². The van der Waals surface area contributed by atoms with Crippen molar-refractivity contribution in [2.75, 3.05) is 13.8 Å². The number of aliphatic hydroxyl groups is 1. The first-order valence-corrected chi connectivity index (χ1v) is 10.1. The second-order valence-corrected chi connectivity index (χ2v) is 9.93. The fraction of sp³-hybridized carbons (Fsp3) is 0.952. The molecule has 0 heterocycles. The van der Waals surface area contributed by atoms with Gasteiger partial charge in [0.1, 0.15) is 0 Å². The Kier molecular flexibility index (Phi) is 3.70. The summed E-state index contributed by atoms with van der Waals surface area (Å²) in [5.41, 5.74) is -1.32. The Morgan fingerprint density at radius 2 is 1.88 bits per heavy atom. The number of ether oxygens (including phenoxy) is 1. The molecule has 4 heteroatoms. The summed E-state index contributed by atoms with van der Waals surface area (Å²) < 4.78 is 18.8. The fourth-order valence-corrected chi connectivity index (χ4v) is 8.48. The largest absolute Gasteiger partial charge is 0.469 e. The Bertz CT molecular complexity index is 594. The number of rotatable bonds is 2. The van der Waals surface area contributed by atoms with Crippen molar-refractivity contribution < 1.29 is 19.0 Å². The van der Waals surface area contributed by atoms with Crippen LogP contribution in [-0.4, -0.2) is 30.5 Å². The van der Waals surface area contributed by atoms with Gasteiger partial charge in [0.05, 0.1) is 24.8 Å². The van der Waals surface area contributed by atoms with Crippen LogP contribution >= 0.6 is 0 Å². The summed E-state index contributed by atoms with van der Waals surface area (Å²) in [6.07, 6.45) is 6.69. The van der Waals surface area contributed by atoms with Gasteiger partial charge in [-0.1, -0.05) is 20.3 Å². The Morgan fingerprint density at radius 3 is 2.52 bits per heavy atom. The summed E-state index contributed by atoms with van der Waals surface area (Å²) >= 11 is 0. The molecule has 4 saturated carbocycles. The van der Waals surface area contributed by atoms with Crippen LogP contribution in [0.4, 0.5) is 4.39 Å². The molecular weight excluding hydrogens is 319 g/mol. The van der Waals surface area contributed by atoms with Gasteiger partial charge in [-0.15, -0.1) is 0 Å². The standard InChI is InChI=1S/C21H33FO3/c1-13-20-11-8-15-18(2,9-5-10-19(15,3)17(23)25-4)16(20)7-6-14(12-22)21(13,20)24/h13-16,24H,5-12H2,1-4H3/t13?,14-,15+,16?,18-,19-,20-,21+/m1/s1. The number of hydrogen-bond donors (Lipinski definition) is 1. The van der Waals surface area contributed by atoms with Gasteiger partial charge in [0, 0.05) is 11.3 Å². The van der Waals surface area contributed by atoms with E-state index in [2.05, 4.69) is 20.8 Å². The molecule has 4 aliphatic rings. The average molecular weight is 352 g/mol. The van der Waals surface area contributed by atoms with Crippen LogP contribution < -0.4 is 0 Å². The second-order valence-electron chi connectivity index (χ2n) is 9.93. The molecule has 4 aliphatic carbocycles. The van der Waals surface area contributed by atoms with E-state index in [-0.39, 0.29) is 28.6 Å². The highest BCUT2D eigenvalue weighted by molar-refractivity contribution is 5.77. The molecule has 1 N–H and O–H groups in total. The predicted octanol–water partition coefficient (Wildman–Crippen LogP) is 4.13. The number of fused-ring (bicyclic) bond motifs is 2. The Balaban J connectivity index is 1.74. The lowest BCUT2D eigenvalue weighted by Gasteiger charge is -2.61. The monoisotopic (exact) mass is 352 g/mol. The molecule has 0 aliphatic heterocycles. The Labute approximate surface area is 150 Å². The summed E-state index contributed by atoms with van der Waals surface area (Å²) in [5, 5.41) is 11.4. The second kappa shape index (κ2) is 5.21. The molecule has 25 heavy (non-hydrogen) atoms. The first-order valence-electron chi connectivity index (χ1n) is 10.1. The molecule has 4 fully saturated rings. The van der Waals surface area contributed by atoms with E-state index in [1.165, 1.54) is 7.11 Å². The van der Waals surface area contributed by atoms with Crippen molar-refractivity contribution in [1.29, 1.82) is 0 Å². The molecule has 2 unspecified atom stereocenters. The van der Waals surface area contributed by atoms with Crippen molar-refractivity contribution in [3.63, 3.8) is 0 Å². The highest BCUT2D eigenvalue weighted by Crippen LogP contribution is 2.82. The third-order valence-corrected chi connectivity index (χ3v) is 9.60. The minimum Gasteiger partial charge on any atom is -0.469 e. The molecule has 0 saturated heterocycles. The molecule has 0 radical (unpaired) electrons. The quantitative estimate of drug-likeness (QED) is 0.760. The maximum absolute atomic E-state index is 13.6. The molecule has 0 aromatic heterocycles. The van der Waals surface area contributed by atoms with E-state index < -0.39 is 17.7 Å².